The average molecular weight is 384 g/mol. The molecule has 3 N–H and O–H groups in total. The summed E-state index contributed by atoms with van der Waals surface area (Å²) >= 11 is 3.75. The van der Waals surface area contributed by atoms with Crippen molar-refractivity contribution in [3.63, 3.8) is 0 Å². The van der Waals surface area contributed by atoms with Gasteiger partial charge < -0.3 is 4.74 Å². The van der Waals surface area contributed by atoms with Crippen LogP contribution in [0.15, 0.2) is 35.7 Å². The summed E-state index contributed by atoms with van der Waals surface area (Å²) in [4.78, 5) is 9.35. The van der Waals surface area contributed by atoms with Gasteiger partial charge in [-0.3, -0.25) is 5.43 Å². The maximum Gasteiger partial charge on any atom is 0.241 e. The first-order valence-corrected chi connectivity index (χ1v) is 7.37. The predicted molar refractivity (Wildman–Crippen MR) is 84.5 cm³/mol. The molecule has 5 nitrogen and oxygen atoms in total. The molecule has 0 unspecified atom stereocenters. The highest BCUT2D eigenvalue weighted by molar-refractivity contribution is 14.1. The highest BCUT2D eigenvalue weighted by atomic mass is 127. The summed E-state index contributed by atoms with van der Waals surface area (Å²) in [6, 6.07) is 9.70. The molecular formula is C12H9IN4OS. The number of hydrazine groups is 1. The van der Waals surface area contributed by atoms with Crippen LogP contribution in [0.5, 0.6) is 11.6 Å². The molecule has 0 radical (unpaired) electrons. The Labute approximate surface area is 126 Å². The highest BCUT2D eigenvalue weighted by Crippen LogP contribution is 2.31. The third kappa shape index (κ3) is 2.62. The van der Waals surface area contributed by atoms with E-state index in [9.17, 15) is 0 Å². The number of nitrogens with one attached hydrogen (secondary N) is 1. The molecule has 0 amide bonds. The first kappa shape index (κ1) is 12.6. The number of benzene rings is 1. The average Bonchev–Trinajstić information content (AvgIpc) is 2.87. The van der Waals surface area contributed by atoms with Crippen LogP contribution in [0.4, 0.5) is 5.95 Å². The van der Waals surface area contributed by atoms with E-state index >= 15 is 0 Å². The van der Waals surface area contributed by atoms with Gasteiger partial charge in [-0.15, -0.1) is 11.3 Å². The zero-order valence-corrected chi connectivity index (χ0v) is 12.6. The Hall–Kier alpha value is -1.45. The Morgan fingerprint density at radius 2 is 2.16 bits per heavy atom. The van der Waals surface area contributed by atoms with Gasteiger partial charge >= 0.3 is 0 Å². The number of hydrogen-bond acceptors (Lipinski definition) is 6. The summed E-state index contributed by atoms with van der Waals surface area (Å²) in [5, 5.41) is 2.82. The molecular weight excluding hydrogens is 375 g/mol. The van der Waals surface area contributed by atoms with Gasteiger partial charge in [0.1, 0.15) is 10.6 Å². The van der Waals surface area contributed by atoms with Crippen LogP contribution >= 0.6 is 33.9 Å². The number of nitrogens with zero attached hydrogens (tertiary/aromatic N) is 2. The highest BCUT2D eigenvalue weighted by Gasteiger charge is 2.10. The van der Waals surface area contributed by atoms with Crippen molar-refractivity contribution >= 4 is 50.1 Å². The van der Waals surface area contributed by atoms with E-state index in [0.717, 1.165) is 19.5 Å². The van der Waals surface area contributed by atoms with E-state index in [1.165, 1.54) is 11.3 Å². The molecule has 0 aliphatic heterocycles. The molecule has 0 saturated carbocycles. The molecule has 1 aromatic carbocycles. The summed E-state index contributed by atoms with van der Waals surface area (Å²) in [7, 11) is 0. The van der Waals surface area contributed by atoms with Crippen LogP contribution in [0.25, 0.3) is 10.2 Å². The van der Waals surface area contributed by atoms with Gasteiger partial charge in [-0.25, -0.2) is 10.8 Å². The number of ether oxygens (including phenoxy) is 1. The Balaban J connectivity index is 2.06. The molecule has 19 heavy (non-hydrogen) atoms. The number of nitrogen functional groups attached to an aromatic ring is 1. The topological polar surface area (TPSA) is 73.1 Å². The summed E-state index contributed by atoms with van der Waals surface area (Å²) in [5.41, 5.74) is 2.45. The van der Waals surface area contributed by atoms with E-state index in [0.29, 0.717) is 11.8 Å². The molecule has 0 aliphatic carbocycles. The standard InChI is InChI=1S/C12H9IN4OS/c13-7-2-1-3-8(6-7)18-10-9-4-5-19-11(9)16-12(15-10)17-14/h1-6H,14H2,(H,15,16,17). The molecule has 0 atom stereocenters. The minimum atomic E-state index is 0.343. The summed E-state index contributed by atoms with van der Waals surface area (Å²) < 4.78 is 6.93. The molecule has 2 aromatic heterocycles. The van der Waals surface area contributed by atoms with Crippen molar-refractivity contribution in [2.24, 2.45) is 5.84 Å². The normalized spacial score (nSPS) is 10.6. The zero-order chi connectivity index (χ0) is 13.2. The number of aromatic nitrogens is 2. The minimum absolute atomic E-state index is 0.343. The molecule has 3 rings (SSSR count). The van der Waals surface area contributed by atoms with E-state index in [1.54, 1.807) is 0 Å². The molecule has 2 heterocycles. The molecule has 0 spiro atoms. The van der Waals surface area contributed by atoms with Gasteiger partial charge in [0.25, 0.3) is 0 Å². The smallest absolute Gasteiger partial charge is 0.241 e. The second kappa shape index (κ2) is 5.27. The van der Waals surface area contributed by atoms with E-state index in [1.807, 2.05) is 35.7 Å². The summed E-state index contributed by atoms with van der Waals surface area (Å²) in [6.07, 6.45) is 0. The van der Waals surface area contributed by atoms with Crippen molar-refractivity contribution in [1.29, 1.82) is 0 Å². The third-order valence-electron chi connectivity index (χ3n) is 2.43. The molecule has 96 valence electrons. The van der Waals surface area contributed by atoms with Crippen LogP contribution in [0.1, 0.15) is 0 Å². The van der Waals surface area contributed by atoms with Crippen LogP contribution in [-0.2, 0) is 0 Å². The first-order chi connectivity index (χ1) is 9.26. The maximum absolute atomic E-state index is 5.83. The second-order valence-electron chi connectivity index (χ2n) is 3.70. The van der Waals surface area contributed by atoms with Crippen molar-refractivity contribution in [3.8, 4) is 11.6 Å². The molecule has 0 saturated heterocycles. The minimum Gasteiger partial charge on any atom is -0.438 e. The number of halogens is 1. The molecule has 3 aromatic rings. The van der Waals surface area contributed by atoms with Gasteiger partial charge in [0.2, 0.25) is 11.8 Å². The Morgan fingerprint density at radius 1 is 1.26 bits per heavy atom. The fourth-order valence-corrected chi connectivity index (χ4v) is 2.88. The number of rotatable bonds is 3. The van der Waals surface area contributed by atoms with Crippen LogP contribution in [-0.4, -0.2) is 9.97 Å². The van der Waals surface area contributed by atoms with Crippen molar-refractivity contribution in [2.45, 2.75) is 0 Å². The number of thiophene rings is 1. The van der Waals surface area contributed by atoms with Crippen molar-refractivity contribution in [1.82, 2.24) is 9.97 Å². The monoisotopic (exact) mass is 384 g/mol. The second-order valence-corrected chi connectivity index (χ2v) is 5.84. The number of nitrogens with two attached hydrogens (primary N) is 1. The van der Waals surface area contributed by atoms with Gasteiger partial charge in [-0.1, -0.05) is 6.07 Å². The first-order valence-electron chi connectivity index (χ1n) is 5.41. The van der Waals surface area contributed by atoms with Crippen LogP contribution in [0.2, 0.25) is 0 Å². The van der Waals surface area contributed by atoms with E-state index < -0.39 is 0 Å². The molecule has 7 heteroatoms. The predicted octanol–water partition coefficient (Wildman–Crippen LogP) is 3.37. The van der Waals surface area contributed by atoms with Crippen LogP contribution < -0.4 is 16.0 Å². The molecule has 0 aliphatic rings. The summed E-state index contributed by atoms with van der Waals surface area (Å²) in [6.45, 7) is 0. The lowest BCUT2D eigenvalue weighted by Crippen LogP contribution is -2.10. The van der Waals surface area contributed by atoms with Gasteiger partial charge in [-0.05, 0) is 52.2 Å². The van der Waals surface area contributed by atoms with Gasteiger partial charge in [-0.2, -0.15) is 4.98 Å². The Kier molecular flexibility index (Phi) is 3.49. The Morgan fingerprint density at radius 3 is 2.95 bits per heavy atom. The maximum atomic E-state index is 5.83. The van der Waals surface area contributed by atoms with E-state index in [-0.39, 0.29) is 0 Å². The molecule has 0 fully saturated rings. The largest absolute Gasteiger partial charge is 0.438 e. The van der Waals surface area contributed by atoms with Gasteiger partial charge in [0, 0.05) is 3.57 Å². The van der Waals surface area contributed by atoms with Crippen molar-refractivity contribution in [3.05, 3.63) is 39.3 Å². The van der Waals surface area contributed by atoms with Crippen LogP contribution in [0, 0.1) is 3.57 Å². The molecule has 0 bridgehead atoms. The van der Waals surface area contributed by atoms with Crippen molar-refractivity contribution in [2.75, 3.05) is 5.43 Å². The quantitative estimate of drug-likeness (QED) is 0.412. The zero-order valence-electron chi connectivity index (χ0n) is 9.63. The summed E-state index contributed by atoms with van der Waals surface area (Å²) in [5.74, 6) is 6.95. The lowest BCUT2D eigenvalue weighted by Gasteiger charge is -2.07. The third-order valence-corrected chi connectivity index (χ3v) is 3.91. The van der Waals surface area contributed by atoms with Crippen LogP contribution in [0.3, 0.4) is 0 Å². The van der Waals surface area contributed by atoms with Gasteiger partial charge in [0.15, 0.2) is 0 Å². The fraction of sp³-hybridized carbons (Fsp3) is 0. The number of hydrogen-bond donors (Lipinski definition) is 2. The number of anilines is 1. The fourth-order valence-electron chi connectivity index (χ4n) is 1.61. The lowest BCUT2D eigenvalue weighted by atomic mass is 10.3. The van der Waals surface area contributed by atoms with E-state index in [4.69, 9.17) is 10.6 Å². The Bertz CT molecular complexity index is 731. The van der Waals surface area contributed by atoms with Gasteiger partial charge in [0.05, 0.1) is 5.39 Å². The number of fused-ring (bicyclic) bond motifs is 1. The van der Waals surface area contributed by atoms with Crippen molar-refractivity contribution < 1.29 is 4.74 Å². The SMILES string of the molecule is NNc1nc(Oc2cccc(I)c2)c2ccsc2n1. The van der Waals surface area contributed by atoms with E-state index in [2.05, 4.69) is 38.0 Å². The lowest BCUT2D eigenvalue weighted by molar-refractivity contribution is 0.469.